The average Bonchev–Trinajstić information content (AvgIpc) is 2.74. The van der Waals surface area contributed by atoms with Crippen LogP contribution in [0.3, 0.4) is 0 Å². The molecule has 5 atom stereocenters. The third-order valence-corrected chi connectivity index (χ3v) is 4.31. The van der Waals surface area contributed by atoms with Gasteiger partial charge in [-0.15, -0.1) is 0 Å². The van der Waals surface area contributed by atoms with Crippen molar-refractivity contribution in [1.82, 2.24) is 10.6 Å². The smallest absolute Gasteiger partial charge is 0.244 e. The van der Waals surface area contributed by atoms with E-state index in [9.17, 15) is 19.8 Å². The molecule has 0 saturated carbocycles. The van der Waals surface area contributed by atoms with Crippen molar-refractivity contribution in [1.29, 1.82) is 0 Å². The highest BCUT2D eigenvalue weighted by atomic mass is 16.7. The zero-order valence-corrected chi connectivity index (χ0v) is 16.0. The van der Waals surface area contributed by atoms with Gasteiger partial charge in [0.25, 0.3) is 0 Å². The summed E-state index contributed by atoms with van der Waals surface area (Å²) < 4.78 is 10.4. The van der Waals surface area contributed by atoms with E-state index in [-0.39, 0.29) is 6.54 Å². The summed E-state index contributed by atoms with van der Waals surface area (Å²) in [5, 5.41) is 34.1. The highest BCUT2D eigenvalue weighted by Crippen LogP contribution is 2.21. The third kappa shape index (κ3) is 6.77. The number of carbonyl (C=O) groups is 2. The molecule has 9 heteroatoms. The highest BCUT2D eigenvalue weighted by Gasteiger charge is 2.45. The Labute approximate surface area is 168 Å². The van der Waals surface area contributed by atoms with Crippen molar-refractivity contribution in [3.63, 3.8) is 0 Å². The summed E-state index contributed by atoms with van der Waals surface area (Å²) in [5.74, 6) is -1.07. The van der Waals surface area contributed by atoms with Crippen LogP contribution >= 0.6 is 0 Å². The van der Waals surface area contributed by atoms with Crippen LogP contribution in [0, 0.1) is 0 Å². The maximum absolute atomic E-state index is 12.1. The third-order valence-electron chi connectivity index (χ3n) is 4.31. The lowest BCUT2D eigenvalue weighted by Gasteiger charge is -2.41. The number of aliphatic hydroxyl groups is 3. The minimum Gasteiger partial charge on any atom is -0.394 e. The topological polar surface area (TPSA) is 137 Å². The molecule has 1 aliphatic rings. The van der Waals surface area contributed by atoms with Crippen molar-refractivity contribution in [2.75, 3.05) is 20.3 Å². The van der Waals surface area contributed by atoms with Crippen LogP contribution in [0.5, 0.6) is 0 Å². The molecule has 1 heterocycles. The second kappa shape index (κ2) is 11.4. The number of methoxy groups -OCH3 is 1. The number of nitrogens with one attached hydrogen (secondary N) is 2. The van der Waals surface area contributed by atoms with Gasteiger partial charge in [-0.2, -0.15) is 0 Å². The molecule has 9 nitrogen and oxygen atoms in total. The van der Waals surface area contributed by atoms with Gasteiger partial charge in [0.2, 0.25) is 11.8 Å². The molecule has 2 amide bonds. The minimum atomic E-state index is -1.41. The summed E-state index contributed by atoms with van der Waals surface area (Å²) in [4.78, 5) is 23.9. The summed E-state index contributed by atoms with van der Waals surface area (Å²) in [6.45, 7) is -0.857. The van der Waals surface area contributed by atoms with E-state index < -0.39 is 49.1 Å². The fraction of sp³-hybridized carbons (Fsp3) is 0.400. The predicted octanol–water partition coefficient (Wildman–Crippen LogP) is -1.06. The van der Waals surface area contributed by atoms with Gasteiger partial charge in [0.15, 0.2) is 6.29 Å². The molecule has 0 aliphatic carbocycles. The molecule has 0 radical (unpaired) electrons. The fourth-order valence-electron chi connectivity index (χ4n) is 2.77. The largest absolute Gasteiger partial charge is 0.394 e. The summed E-state index contributed by atoms with van der Waals surface area (Å²) in [6.07, 6.45) is 1.46. The van der Waals surface area contributed by atoms with Gasteiger partial charge < -0.3 is 35.4 Å². The molecule has 0 spiro atoms. The number of aliphatic hydroxyl groups excluding tert-OH is 3. The van der Waals surface area contributed by atoms with E-state index in [1.54, 1.807) is 12.2 Å². The highest BCUT2D eigenvalue weighted by molar-refractivity contribution is 5.91. The Morgan fingerprint density at radius 2 is 1.90 bits per heavy atom. The number of hydrogen-bond acceptors (Lipinski definition) is 7. The van der Waals surface area contributed by atoms with Crippen LogP contribution in [-0.2, 0) is 19.1 Å². The number of allylic oxidation sites excluding steroid dienone is 2. The minimum absolute atomic E-state index is 0.343. The molecule has 0 bridgehead atoms. The van der Waals surface area contributed by atoms with E-state index in [0.717, 1.165) is 5.56 Å². The number of benzene rings is 1. The first-order valence-corrected chi connectivity index (χ1v) is 9.08. The molecule has 1 aromatic carbocycles. The average molecular weight is 406 g/mol. The maximum Gasteiger partial charge on any atom is 0.244 e. The second-order valence-electron chi connectivity index (χ2n) is 6.38. The lowest BCUT2D eigenvalue weighted by Crippen LogP contribution is -2.65. The standard InChI is InChI=1S/C20H26N2O7/c1-28-20-17(19(27)18(26)14(12-23)29-20)22-16(25)11-21-15(24)10-6-5-9-13-7-3-2-4-8-13/h2-10,14,17-20,23,26-27H,11-12H2,1H3,(H,21,24)(H,22,25)/b9-5+,10-6+/t14-,17-,18-,19-,20?/m1/s1. The van der Waals surface area contributed by atoms with Crippen LogP contribution in [0.4, 0.5) is 0 Å². The molecule has 1 unspecified atom stereocenters. The molecule has 29 heavy (non-hydrogen) atoms. The molecule has 1 fully saturated rings. The van der Waals surface area contributed by atoms with Crippen molar-refractivity contribution >= 4 is 17.9 Å². The second-order valence-corrected chi connectivity index (χ2v) is 6.38. The summed E-state index contributed by atoms with van der Waals surface area (Å²) >= 11 is 0. The Morgan fingerprint density at radius 1 is 1.17 bits per heavy atom. The number of rotatable bonds is 8. The van der Waals surface area contributed by atoms with Crippen LogP contribution in [0.2, 0.25) is 0 Å². The Balaban J connectivity index is 1.80. The Kier molecular flexibility index (Phi) is 8.97. The van der Waals surface area contributed by atoms with Gasteiger partial charge in [0, 0.05) is 13.2 Å². The van der Waals surface area contributed by atoms with Gasteiger partial charge in [-0.05, 0) is 5.56 Å². The fourth-order valence-corrected chi connectivity index (χ4v) is 2.77. The van der Waals surface area contributed by atoms with Crippen LogP contribution in [0.15, 0.2) is 48.6 Å². The Hall–Kier alpha value is -2.56. The SMILES string of the molecule is COC1O[C@H](CO)[C@@H](O)[C@H](O)[C@H]1NC(=O)CNC(=O)/C=C/C=C/c1ccccc1. The first-order valence-electron chi connectivity index (χ1n) is 9.08. The van der Waals surface area contributed by atoms with Gasteiger partial charge in [-0.25, -0.2) is 0 Å². The van der Waals surface area contributed by atoms with Gasteiger partial charge in [-0.3, -0.25) is 9.59 Å². The monoisotopic (exact) mass is 406 g/mol. The molecule has 1 aromatic rings. The first-order chi connectivity index (χ1) is 14.0. The van der Waals surface area contributed by atoms with Crippen molar-refractivity contribution in [2.45, 2.75) is 30.6 Å². The summed E-state index contributed by atoms with van der Waals surface area (Å²) in [7, 11) is 1.30. The Bertz CT molecular complexity index is 721. The van der Waals surface area contributed by atoms with Crippen LogP contribution in [-0.4, -0.2) is 78.0 Å². The molecule has 5 N–H and O–H groups in total. The zero-order valence-electron chi connectivity index (χ0n) is 16.0. The predicted molar refractivity (Wildman–Crippen MR) is 104 cm³/mol. The molecule has 1 saturated heterocycles. The maximum atomic E-state index is 12.1. The van der Waals surface area contributed by atoms with Crippen molar-refractivity contribution in [3.05, 3.63) is 54.1 Å². The zero-order chi connectivity index (χ0) is 21.2. The van der Waals surface area contributed by atoms with E-state index in [0.29, 0.717) is 0 Å². The van der Waals surface area contributed by atoms with E-state index in [2.05, 4.69) is 10.6 Å². The van der Waals surface area contributed by atoms with Gasteiger partial charge in [0.05, 0.1) is 13.2 Å². The van der Waals surface area contributed by atoms with E-state index in [1.165, 1.54) is 13.2 Å². The van der Waals surface area contributed by atoms with Crippen molar-refractivity contribution in [3.8, 4) is 0 Å². The van der Waals surface area contributed by atoms with Crippen LogP contribution in [0.1, 0.15) is 5.56 Å². The number of carbonyl (C=O) groups excluding carboxylic acids is 2. The van der Waals surface area contributed by atoms with Crippen molar-refractivity contribution < 1.29 is 34.4 Å². The number of hydrogen-bond donors (Lipinski definition) is 5. The van der Waals surface area contributed by atoms with Crippen molar-refractivity contribution in [2.24, 2.45) is 0 Å². The summed E-state index contributed by atoms with van der Waals surface area (Å²) in [5.41, 5.74) is 0.989. The quantitative estimate of drug-likeness (QED) is 0.274. The van der Waals surface area contributed by atoms with E-state index >= 15 is 0 Å². The number of ether oxygens (including phenoxy) is 2. The van der Waals surface area contributed by atoms with Crippen LogP contribution < -0.4 is 10.6 Å². The molecule has 2 rings (SSSR count). The van der Waals surface area contributed by atoms with Crippen LogP contribution in [0.25, 0.3) is 6.08 Å². The first kappa shape index (κ1) is 22.7. The molecular weight excluding hydrogens is 380 g/mol. The summed E-state index contributed by atoms with van der Waals surface area (Å²) in [6, 6.07) is 8.49. The molecule has 1 aliphatic heterocycles. The Morgan fingerprint density at radius 3 is 2.55 bits per heavy atom. The van der Waals surface area contributed by atoms with Gasteiger partial charge in [-0.1, -0.05) is 48.6 Å². The molecular formula is C20H26N2O7. The normalized spacial score (nSPS) is 27.2. The van der Waals surface area contributed by atoms with Gasteiger partial charge >= 0.3 is 0 Å². The lowest BCUT2D eigenvalue weighted by molar-refractivity contribution is -0.262. The van der Waals surface area contributed by atoms with E-state index in [1.807, 2.05) is 36.4 Å². The lowest BCUT2D eigenvalue weighted by atomic mass is 9.97. The van der Waals surface area contributed by atoms with E-state index in [4.69, 9.17) is 14.6 Å². The molecule has 0 aromatic heterocycles. The number of amides is 2. The van der Waals surface area contributed by atoms with Gasteiger partial charge in [0.1, 0.15) is 24.4 Å². The molecule has 158 valence electrons.